The third kappa shape index (κ3) is 10.5. The van der Waals surface area contributed by atoms with Crippen LogP contribution in [0, 0.1) is 0 Å². The smallest absolute Gasteiger partial charge is 0.309 e. The minimum atomic E-state index is -4.67. The Hall–Kier alpha value is -1.88. The van der Waals surface area contributed by atoms with Gasteiger partial charge in [0.1, 0.15) is 5.83 Å². The number of hydrogen-bond donors (Lipinski definition) is 0. The van der Waals surface area contributed by atoms with Crippen molar-refractivity contribution in [3.05, 3.63) is 70.7 Å². The third-order valence-corrected chi connectivity index (χ3v) is 4.36. The topological polar surface area (TPSA) is 3.24 Å². The van der Waals surface area contributed by atoms with E-state index < -0.39 is 17.6 Å². The van der Waals surface area contributed by atoms with E-state index in [-0.39, 0.29) is 12.0 Å². The second kappa shape index (κ2) is 13.4. The van der Waals surface area contributed by atoms with Gasteiger partial charge in [0.2, 0.25) is 0 Å². The van der Waals surface area contributed by atoms with Gasteiger partial charge < -0.3 is 4.90 Å². The lowest BCUT2D eigenvalue weighted by Gasteiger charge is -2.19. The van der Waals surface area contributed by atoms with E-state index in [1.165, 1.54) is 0 Å². The second-order valence-corrected chi connectivity index (χ2v) is 7.32. The molecule has 0 rings (SSSR count). The van der Waals surface area contributed by atoms with Gasteiger partial charge in [-0.2, -0.15) is 13.2 Å². The van der Waals surface area contributed by atoms with E-state index in [1.54, 1.807) is 13.0 Å². The van der Waals surface area contributed by atoms with E-state index in [1.807, 2.05) is 47.0 Å². The van der Waals surface area contributed by atoms with E-state index in [2.05, 4.69) is 11.5 Å². The molecule has 0 saturated heterocycles. The van der Waals surface area contributed by atoms with E-state index in [4.69, 9.17) is 0 Å². The van der Waals surface area contributed by atoms with Crippen LogP contribution in [0.15, 0.2) is 70.7 Å². The van der Waals surface area contributed by atoms with Crippen LogP contribution in [0.25, 0.3) is 0 Å². The standard InChI is InChI=1S/C24H35F4N/c1-8-11-19(5)21(14-13-18(4)15-16-29(6)7)22(12-9-2)23(24(26,27)28)17-20(25)10-3/h10-11,13-14,17H,3,8-9,12,15-16H2,1-2,4-7H3/b18-13-,19-11-,20-17+,21-14+,23-22-. The van der Waals surface area contributed by atoms with Crippen molar-refractivity contribution in [1.82, 2.24) is 4.90 Å². The Labute approximate surface area is 173 Å². The molecule has 0 aliphatic heterocycles. The predicted octanol–water partition coefficient (Wildman–Crippen LogP) is 7.87. The Bertz CT molecular complexity index is 686. The molecule has 0 heterocycles. The predicted molar refractivity (Wildman–Crippen MR) is 116 cm³/mol. The van der Waals surface area contributed by atoms with Crippen molar-refractivity contribution in [1.29, 1.82) is 0 Å². The van der Waals surface area contributed by atoms with Crippen LogP contribution in [0.2, 0.25) is 0 Å². The normalized spacial score (nSPS) is 15.7. The third-order valence-electron chi connectivity index (χ3n) is 4.36. The maximum atomic E-state index is 13.8. The summed E-state index contributed by atoms with van der Waals surface area (Å²) in [6, 6.07) is 0. The number of rotatable bonds is 11. The van der Waals surface area contributed by atoms with Crippen LogP contribution in [0.5, 0.6) is 0 Å². The molecule has 0 aromatic rings. The highest BCUT2D eigenvalue weighted by Crippen LogP contribution is 2.37. The molecule has 5 heteroatoms. The van der Waals surface area contributed by atoms with Gasteiger partial charge in [-0.3, -0.25) is 0 Å². The monoisotopic (exact) mass is 413 g/mol. The molecule has 1 nitrogen and oxygen atoms in total. The van der Waals surface area contributed by atoms with Gasteiger partial charge in [-0.1, -0.05) is 50.6 Å². The molecule has 0 saturated carbocycles. The lowest BCUT2D eigenvalue weighted by atomic mass is 9.89. The van der Waals surface area contributed by atoms with Gasteiger partial charge >= 0.3 is 6.18 Å². The summed E-state index contributed by atoms with van der Waals surface area (Å²) in [5.74, 6) is -1.000. The van der Waals surface area contributed by atoms with Crippen LogP contribution in [-0.4, -0.2) is 31.7 Å². The van der Waals surface area contributed by atoms with Crippen molar-refractivity contribution in [3.8, 4) is 0 Å². The van der Waals surface area contributed by atoms with Crippen LogP contribution in [0.1, 0.15) is 53.4 Å². The fraction of sp³-hybridized carbons (Fsp3) is 0.500. The fourth-order valence-electron chi connectivity index (χ4n) is 2.80. The van der Waals surface area contributed by atoms with Crippen LogP contribution >= 0.6 is 0 Å². The average Bonchev–Trinajstić information content (AvgIpc) is 2.62. The first-order valence-electron chi connectivity index (χ1n) is 9.97. The van der Waals surface area contributed by atoms with Gasteiger partial charge in [-0.15, -0.1) is 0 Å². The maximum absolute atomic E-state index is 13.8. The Balaban J connectivity index is 6.70. The Kier molecular flexibility index (Phi) is 12.5. The molecule has 0 atom stereocenters. The molecule has 0 N–H and O–H groups in total. The molecule has 0 bridgehead atoms. The number of halogens is 4. The first-order valence-corrected chi connectivity index (χ1v) is 9.97. The van der Waals surface area contributed by atoms with E-state index in [9.17, 15) is 17.6 Å². The quantitative estimate of drug-likeness (QED) is 0.246. The van der Waals surface area contributed by atoms with E-state index in [0.717, 1.165) is 30.2 Å². The van der Waals surface area contributed by atoms with Crippen LogP contribution < -0.4 is 0 Å². The van der Waals surface area contributed by atoms with Gasteiger partial charge in [0.25, 0.3) is 0 Å². The zero-order valence-corrected chi connectivity index (χ0v) is 18.6. The van der Waals surface area contributed by atoms with Crippen LogP contribution in [-0.2, 0) is 0 Å². The van der Waals surface area contributed by atoms with Gasteiger partial charge in [0.05, 0.1) is 5.57 Å². The zero-order valence-electron chi connectivity index (χ0n) is 18.6. The second-order valence-electron chi connectivity index (χ2n) is 7.32. The number of allylic oxidation sites excluding steroid dienone is 10. The van der Waals surface area contributed by atoms with Crippen molar-refractivity contribution in [3.63, 3.8) is 0 Å². The first-order chi connectivity index (χ1) is 13.5. The summed E-state index contributed by atoms with van der Waals surface area (Å²) in [7, 11) is 3.95. The van der Waals surface area contributed by atoms with Crippen LogP contribution in [0.3, 0.4) is 0 Å². The molecule has 29 heavy (non-hydrogen) atoms. The Morgan fingerprint density at radius 1 is 1.03 bits per heavy atom. The molecule has 0 aromatic carbocycles. The molecular formula is C24H35F4N. The molecule has 0 amide bonds. The highest BCUT2D eigenvalue weighted by molar-refractivity contribution is 5.53. The van der Waals surface area contributed by atoms with Gasteiger partial charge in [0.15, 0.2) is 0 Å². The number of hydrogen-bond acceptors (Lipinski definition) is 1. The SMILES string of the molecule is C=C\C(F)=C/C(=C(CCC)/C(=C/C=C(/C)CCN(C)C)C(/C)=C\CC)C(F)(F)F. The highest BCUT2D eigenvalue weighted by atomic mass is 19.4. The summed E-state index contributed by atoms with van der Waals surface area (Å²) in [6.07, 6.45) is 4.39. The molecule has 0 aliphatic carbocycles. The van der Waals surface area contributed by atoms with E-state index in [0.29, 0.717) is 24.5 Å². The Morgan fingerprint density at radius 2 is 1.66 bits per heavy atom. The number of alkyl halides is 3. The van der Waals surface area contributed by atoms with Gasteiger partial charge in [-0.05, 0) is 76.1 Å². The molecule has 0 aromatic heterocycles. The molecule has 0 unspecified atom stereocenters. The minimum absolute atomic E-state index is 0.107. The molecule has 0 fully saturated rings. The zero-order chi connectivity index (χ0) is 22.6. The van der Waals surface area contributed by atoms with Crippen molar-refractivity contribution in [2.75, 3.05) is 20.6 Å². The van der Waals surface area contributed by atoms with Crippen molar-refractivity contribution in [2.45, 2.75) is 59.6 Å². The highest BCUT2D eigenvalue weighted by Gasteiger charge is 2.35. The lowest BCUT2D eigenvalue weighted by Crippen LogP contribution is -2.15. The molecular weight excluding hydrogens is 378 g/mol. The summed E-state index contributed by atoms with van der Waals surface area (Å²) in [6.45, 7) is 11.6. The van der Waals surface area contributed by atoms with Gasteiger partial charge in [-0.25, -0.2) is 4.39 Å². The van der Waals surface area contributed by atoms with Crippen molar-refractivity contribution in [2.24, 2.45) is 0 Å². The summed E-state index contributed by atoms with van der Waals surface area (Å²) >= 11 is 0. The first kappa shape index (κ1) is 27.1. The summed E-state index contributed by atoms with van der Waals surface area (Å²) < 4.78 is 55.3. The molecule has 164 valence electrons. The summed E-state index contributed by atoms with van der Waals surface area (Å²) in [5.41, 5.74) is 1.47. The maximum Gasteiger partial charge on any atom is 0.416 e. The fourth-order valence-corrected chi connectivity index (χ4v) is 2.80. The Morgan fingerprint density at radius 3 is 2.10 bits per heavy atom. The van der Waals surface area contributed by atoms with Crippen LogP contribution in [0.4, 0.5) is 17.6 Å². The van der Waals surface area contributed by atoms with Crippen molar-refractivity contribution < 1.29 is 17.6 Å². The summed E-state index contributed by atoms with van der Waals surface area (Å²) in [4.78, 5) is 2.05. The largest absolute Gasteiger partial charge is 0.416 e. The van der Waals surface area contributed by atoms with Gasteiger partial charge in [0, 0.05) is 6.54 Å². The average molecular weight is 414 g/mol. The lowest BCUT2D eigenvalue weighted by molar-refractivity contribution is -0.0891. The molecule has 0 radical (unpaired) electrons. The van der Waals surface area contributed by atoms with Crippen molar-refractivity contribution >= 4 is 0 Å². The number of nitrogens with zero attached hydrogens (tertiary/aromatic N) is 1. The summed E-state index contributed by atoms with van der Waals surface area (Å²) in [5, 5.41) is 0. The molecule has 0 aliphatic rings. The van der Waals surface area contributed by atoms with E-state index >= 15 is 0 Å². The minimum Gasteiger partial charge on any atom is -0.309 e. The molecule has 0 spiro atoms.